The number of benzene rings is 1. The first-order chi connectivity index (χ1) is 7.75. The van der Waals surface area contributed by atoms with Crippen LogP contribution in [0.2, 0.25) is 0 Å². The van der Waals surface area contributed by atoms with Gasteiger partial charge in [-0.25, -0.2) is 0 Å². The standard InChI is InChI=1S/C14H23NO/c1-12-7-6-8-13(2)14(12)11-15-9-4-5-10-16-3/h6-8,15H,4-5,9-11H2,1-3H3. The second-order valence-electron chi connectivity index (χ2n) is 4.25. The molecule has 0 saturated heterocycles. The molecule has 2 heteroatoms. The van der Waals surface area contributed by atoms with Crippen LogP contribution >= 0.6 is 0 Å². The van der Waals surface area contributed by atoms with Gasteiger partial charge in [-0.3, -0.25) is 0 Å². The van der Waals surface area contributed by atoms with Gasteiger partial charge in [0.25, 0.3) is 0 Å². The number of rotatable bonds is 7. The van der Waals surface area contributed by atoms with Crippen molar-refractivity contribution < 1.29 is 4.74 Å². The van der Waals surface area contributed by atoms with Crippen molar-refractivity contribution in [3.8, 4) is 0 Å². The first-order valence-electron chi connectivity index (χ1n) is 6.00. The van der Waals surface area contributed by atoms with Crippen LogP contribution in [0.3, 0.4) is 0 Å². The third kappa shape index (κ3) is 4.33. The SMILES string of the molecule is COCCCCNCc1c(C)cccc1C. The molecule has 0 aliphatic carbocycles. The number of hydrogen-bond donors (Lipinski definition) is 1. The van der Waals surface area contributed by atoms with Gasteiger partial charge in [0.1, 0.15) is 0 Å². The van der Waals surface area contributed by atoms with Gasteiger partial charge in [-0.1, -0.05) is 18.2 Å². The monoisotopic (exact) mass is 221 g/mol. The van der Waals surface area contributed by atoms with Crippen LogP contribution in [0.1, 0.15) is 29.5 Å². The molecule has 0 radical (unpaired) electrons. The second-order valence-corrected chi connectivity index (χ2v) is 4.25. The van der Waals surface area contributed by atoms with Gasteiger partial charge in [-0.2, -0.15) is 0 Å². The van der Waals surface area contributed by atoms with E-state index < -0.39 is 0 Å². The van der Waals surface area contributed by atoms with Crippen molar-refractivity contribution in [2.45, 2.75) is 33.2 Å². The van der Waals surface area contributed by atoms with E-state index in [1.807, 2.05) is 0 Å². The molecule has 1 rings (SSSR count). The summed E-state index contributed by atoms with van der Waals surface area (Å²) in [4.78, 5) is 0. The van der Waals surface area contributed by atoms with Crippen LogP contribution in [-0.4, -0.2) is 20.3 Å². The van der Waals surface area contributed by atoms with Crippen LogP contribution in [0.4, 0.5) is 0 Å². The Balaban J connectivity index is 2.26. The molecule has 0 aliphatic heterocycles. The minimum Gasteiger partial charge on any atom is -0.385 e. The summed E-state index contributed by atoms with van der Waals surface area (Å²) in [6.45, 7) is 7.26. The smallest absolute Gasteiger partial charge is 0.0462 e. The van der Waals surface area contributed by atoms with E-state index in [1.165, 1.54) is 23.1 Å². The number of nitrogens with one attached hydrogen (secondary N) is 1. The molecule has 90 valence electrons. The summed E-state index contributed by atoms with van der Waals surface area (Å²) in [5.74, 6) is 0. The highest BCUT2D eigenvalue weighted by molar-refractivity contribution is 5.33. The molecule has 1 aromatic carbocycles. The maximum atomic E-state index is 5.02. The molecule has 0 unspecified atom stereocenters. The second kappa shape index (κ2) is 7.42. The van der Waals surface area contributed by atoms with Crippen molar-refractivity contribution in [1.29, 1.82) is 0 Å². The largest absolute Gasteiger partial charge is 0.385 e. The summed E-state index contributed by atoms with van der Waals surface area (Å²) in [5.41, 5.74) is 4.20. The van der Waals surface area contributed by atoms with E-state index in [2.05, 4.69) is 37.4 Å². The van der Waals surface area contributed by atoms with Crippen molar-refractivity contribution in [3.05, 3.63) is 34.9 Å². The Morgan fingerprint density at radius 1 is 1.12 bits per heavy atom. The lowest BCUT2D eigenvalue weighted by atomic mass is 10.0. The van der Waals surface area contributed by atoms with Crippen LogP contribution in [0, 0.1) is 13.8 Å². The van der Waals surface area contributed by atoms with Crippen LogP contribution < -0.4 is 5.32 Å². The molecule has 1 N–H and O–H groups in total. The average molecular weight is 221 g/mol. The van der Waals surface area contributed by atoms with E-state index in [4.69, 9.17) is 4.74 Å². The van der Waals surface area contributed by atoms with Crippen molar-refractivity contribution in [1.82, 2.24) is 5.32 Å². The van der Waals surface area contributed by atoms with Gasteiger partial charge in [0.15, 0.2) is 0 Å². The molecule has 0 aliphatic rings. The number of unbranched alkanes of at least 4 members (excludes halogenated alkanes) is 1. The van der Waals surface area contributed by atoms with Gasteiger partial charge in [0.2, 0.25) is 0 Å². The minimum atomic E-state index is 0.866. The van der Waals surface area contributed by atoms with Crippen molar-refractivity contribution >= 4 is 0 Å². The summed E-state index contributed by atoms with van der Waals surface area (Å²) in [6, 6.07) is 6.47. The molecule has 0 amide bonds. The van der Waals surface area contributed by atoms with Crippen molar-refractivity contribution in [2.75, 3.05) is 20.3 Å². The van der Waals surface area contributed by atoms with Crippen molar-refractivity contribution in [2.24, 2.45) is 0 Å². The Labute approximate surface area is 99.0 Å². The van der Waals surface area contributed by atoms with E-state index in [0.717, 1.165) is 26.1 Å². The number of ether oxygens (including phenoxy) is 1. The van der Waals surface area contributed by atoms with E-state index in [9.17, 15) is 0 Å². The molecule has 2 nitrogen and oxygen atoms in total. The Bertz CT molecular complexity index is 289. The highest BCUT2D eigenvalue weighted by Gasteiger charge is 2.00. The van der Waals surface area contributed by atoms with Gasteiger partial charge < -0.3 is 10.1 Å². The fourth-order valence-electron chi connectivity index (χ4n) is 1.84. The van der Waals surface area contributed by atoms with Gasteiger partial charge in [0, 0.05) is 20.3 Å². The fourth-order valence-corrected chi connectivity index (χ4v) is 1.84. The topological polar surface area (TPSA) is 21.3 Å². The summed E-state index contributed by atoms with van der Waals surface area (Å²) >= 11 is 0. The molecule has 0 fully saturated rings. The molecule has 0 heterocycles. The first-order valence-corrected chi connectivity index (χ1v) is 6.00. The number of aryl methyl sites for hydroxylation is 2. The lowest BCUT2D eigenvalue weighted by molar-refractivity contribution is 0.192. The first kappa shape index (κ1) is 13.2. The van der Waals surface area contributed by atoms with Gasteiger partial charge in [-0.15, -0.1) is 0 Å². The van der Waals surface area contributed by atoms with Crippen LogP contribution in [0.15, 0.2) is 18.2 Å². The maximum Gasteiger partial charge on any atom is 0.0462 e. The van der Waals surface area contributed by atoms with E-state index in [-0.39, 0.29) is 0 Å². The molecule has 0 spiro atoms. The molecular formula is C14H23NO. The summed E-state index contributed by atoms with van der Waals surface area (Å²) in [6.07, 6.45) is 2.31. The zero-order chi connectivity index (χ0) is 11.8. The lowest BCUT2D eigenvalue weighted by Gasteiger charge is -2.10. The minimum absolute atomic E-state index is 0.866. The normalized spacial score (nSPS) is 10.7. The summed E-state index contributed by atoms with van der Waals surface area (Å²) < 4.78 is 5.02. The molecule has 0 aromatic heterocycles. The maximum absolute atomic E-state index is 5.02. The third-order valence-electron chi connectivity index (χ3n) is 2.90. The van der Waals surface area contributed by atoms with Gasteiger partial charge >= 0.3 is 0 Å². The predicted molar refractivity (Wildman–Crippen MR) is 68.7 cm³/mol. The van der Waals surface area contributed by atoms with Crippen LogP contribution in [-0.2, 0) is 11.3 Å². The quantitative estimate of drug-likeness (QED) is 0.715. The number of methoxy groups -OCH3 is 1. The Kier molecular flexibility index (Phi) is 6.12. The van der Waals surface area contributed by atoms with E-state index in [0.29, 0.717) is 0 Å². The molecule has 0 saturated carbocycles. The number of hydrogen-bond acceptors (Lipinski definition) is 2. The van der Waals surface area contributed by atoms with Crippen molar-refractivity contribution in [3.63, 3.8) is 0 Å². The Morgan fingerprint density at radius 2 is 1.81 bits per heavy atom. The van der Waals surface area contributed by atoms with Crippen LogP contribution in [0.25, 0.3) is 0 Å². The molecular weight excluding hydrogens is 198 g/mol. The molecule has 0 bridgehead atoms. The molecule has 1 aromatic rings. The van der Waals surface area contributed by atoms with Crippen LogP contribution in [0.5, 0.6) is 0 Å². The zero-order valence-electron chi connectivity index (χ0n) is 10.7. The van der Waals surface area contributed by atoms with Gasteiger partial charge in [0.05, 0.1) is 0 Å². The highest BCUT2D eigenvalue weighted by atomic mass is 16.5. The lowest BCUT2D eigenvalue weighted by Crippen LogP contribution is -2.16. The predicted octanol–water partition coefficient (Wildman–Crippen LogP) is 2.82. The summed E-state index contributed by atoms with van der Waals surface area (Å²) in [5, 5.41) is 3.49. The molecule has 16 heavy (non-hydrogen) atoms. The van der Waals surface area contributed by atoms with E-state index >= 15 is 0 Å². The Hall–Kier alpha value is -0.860. The zero-order valence-corrected chi connectivity index (χ0v) is 10.7. The summed E-state index contributed by atoms with van der Waals surface area (Å²) in [7, 11) is 1.75. The average Bonchev–Trinajstić information content (AvgIpc) is 2.26. The fraction of sp³-hybridized carbons (Fsp3) is 0.571. The molecule has 0 atom stereocenters. The Morgan fingerprint density at radius 3 is 2.44 bits per heavy atom. The van der Waals surface area contributed by atoms with E-state index in [1.54, 1.807) is 7.11 Å². The van der Waals surface area contributed by atoms with Gasteiger partial charge in [-0.05, 0) is 49.9 Å². The highest BCUT2D eigenvalue weighted by Crippen LogP contribution is 2.12. The third-order valence-corrected chi connectivity index (χ3v) is 2.90.